The second-order valence-electron chi connectivity index (χ2n) is 15.6. The first-order chi connectivity index (χ1) is 28.3. The molecule has 1 aromatic heterocycles. The van der Waals surface area contributed by atoms with Crippen LogP contribution in [0.15, 0.2) is 206 Å². The number of para-hydroxylation sites is 2. The summed E-state index contributed by atoms with van der Waals surface area (Å²) >= 11 is 0. The highest BCUT2D eigenvalue weighted by atomic mass is 15.0. The summed E-state index contributed by atoms with van der Waals surface area (Å²) in [5.41, 5.74) is 19.1. The van der Waals surface area contributed by atoms with Gasteiger partial charge in [-0.3, -0.25) is 0 Å². The van der Waals surface area contributed by atoms with Gasteiger partial charge < -0.3 is 4.57 Å². The number of hydrogen-bond acceptors (Lipinski definition) is 0. The summed E-state index contributed by atoms with van der Waals surface area (Å²) in [4.78, 5) is 0. The van der Waals surface area contributed by atoms with E-state index in [4.69, 9.17) is 0 Å². The van der Waals surface area contributed by atoms with Gasteiger partial charge in [0.05, 0.1) is 16.4 Å². The molecule has 57 heavy (non-hydrogen) atoms. The van der Waals surface area contributed by atoms with E-state index in [1.54, 1.807) is 0 Å². The van der Waals surface area contributed by atoms with Gasteiger partial charge in [0.2, 0.25) is 0 Å². The monoisotopic (exact) mass is 723 g/mol. The molecule has 1 heterocycles. The summed E-state index contributed by atoms with van der Waals surface area (Å²) in [5, 5.41) is 5.03. The Labute approximate surface area is 332 Å². The number of aromatic nitrogens is 1. The van der Waals surface area contributed by atoms with Gasteiger partial charge in [0.1, 0.15) is 0 Å². The normalized spacial score (nSPS) is 13.6. The molecule has 266 valence electrons. The van der Waals surface area contributed by atoms with Crippen molar-refractivity contribution in [3.05, 3.63) is 245 Å². The van der Waals surface area contributed by atoms with Crippen LogP contribution in [0.4, 0.5) is 0 Å². The zero-order chi connectivity index (χ0) is 37.5. The van der Waals surface area contributed by atoms with Crippen LogP contribution < -0.4 is 0 Å². The van der Waals surface area contributed by atoms with Gasteiger partial charge >= 0.3 is 0 Å². The lowest BCUT2D eigenvalue weighted by Crippen LogP contribution is -2.26. The SMILES string of the molecule is C(=C(/Cc1ccc2c(c1)C1(c3ccccc3-c3ccccc31)c1ccccc1-2)c1ccc2ccccc2c1)/c1ccc2c(c1)c1ccccc1n2-c1ccccc1. The molecule has 1 heteroatoms. The molecule has 0 aliphatic heterocycles. The largest absolute Gasteiger partial charge is 0.309 e. The van der Waals surface area contributed by atoms with Crippen molar-refractivity contribution in [2.24, 2.45) is 0 Å². The molecule has 0 bridgehead atoms. The van der Waals surface area contributed by atoms with Crippen LogP contribution in [0.5, 0.6) is 0 Å². The maximum Gasteiger partial charge on any atom is 0.0725 e. The van der Waals surface area contributed by atoms with Crippen molar-refractivity contribution in [3.8, 4) is 27.9 Å². The van der Waals surface area contributed by atoms with Crippen LogP contribution in [0.1, 0.15) is 38.9 Å². The first-order valence-electron chi connectivity index (χ1n) is 20.0. The Hall–Kier alpha value is -7.22. The van der Waals surface area contributed by atoms with Crippen LogP contribution in [0.2, 0.25) is 0 Å². The van der Waals surface area contributed by atoms with Crippen molar-refractivity contribution in [3.63, 3.8) is 0 Å². The molecular formula is C56H37N. The minimum absolute atomic E-state index is 0.361. The van der Waals surface area contributed by atoms with Gasteiger partial charge in [-0.2, -0.15) is 0 Å². The number of allylic oxidation sites excluding steroid dienone is 1. The minimum atomic E-state index is -0.361. The van der Waals surface area contributed by atoms with Crippen molar-refractivity contribution in [1.82, 2.24) is 4.57 Å². The smallest absolute Gasteiger partial charge is 0.0725 e. The molecule has 0 radical (unpaired) electrons. The van der Waals surface area contributed by atoms with Crippen molar-refractivity contribution >= 4 is 44.2 Å². The van der Waals surface area contributed by atoms with Gasteiger partial charge in [0.15, 0.2) is 0 Å². The molecule has 1 spiro atoms. The highest BCUT2D eigenvalue weighted by Gasteiger charge is 2.51. The van der Waals surface area contributed by atoms with Crippen molar-refractivity contribution in [1.29, 1.82) is 0 Å². The van der Waals surface area contributed by atoms with Crippen LogP contribution in [0.25, 0.3) is 72.2 Å². The number of nitrogens with zero attached hydrogens (tertiary/aromatic N) is 1. The van der Waals surface area contributed by atoms with E-state index in [-0.39, 0.29) is 5.41 Å². The molecule has 0 fully saturated rings. The van der Waals surface area contributed by atoms with E-state index in [1.165, 1.54) is 105 Å². The van der Waals surface area contributed by atoms with E-state index in [1.807, 2.05) is 0 Å². The maximum absolute atomic E-state index is 2.53. The number of hydrogen-bond donors (Lipinski definition) is 0. The summed E-state index contributed by atoms with van der Waals surface area (Å²) in [5.74, 6) is 0. The van der Waals surface area contributed by atoms with Gasteiger partial charge in [0, 0.05) is 16.5 Å². The third-order valence-corrected chi connectivity index (χ3v) is 12.6. The van der Waals surface area contributed by atoms with E-state index >= 15 is 0 Å². The van der Waals surface area contributed by atoms with Crippen LogP contribution in [-0.2, 0) is 11.8 Å². The summed E-state index contributed by atoms with van der Waals surface area (Å²) in [6, 6.07) is 76.6. The lowest BCUT2D eigenvalue weighted by Gasteiger charge is -2.30. The summed E-state index contributed by atoms with van der Waals surface area (Å²) in [6.45, 7) is 0. The Balaban J connectivity index is 1.05. The van der Waals surface area contributed by atoms with Crippen LogP contribution in [0, 0.1) is 0 Å². The molecular weight excluding hydrogens is 687 g/mol. The molecule has 1 nitrogen and oxygen atoms in total. The third-order valence-electron chi connectivity index (χ3n) is 12.6. The fraction of sp³-hybridized carbons (Fsp3) is 0.0357. The fourth-order valence-electron chi connectivity index (χ4n) is 10.2. The first-order valence-corrected chi connectivity index (χ1v) is 20.0. The second kappa shape index (κ2) is 12.4. The first kappa shape index (κ1) is 32.1. The molecule has 0 atom stereocenters. The molecule has 0 amide bonds. The van der Waals surface area contributed by atoms with E-state index < -0.39 is 0 Å². The molecule has 0 unspecified atom stereocenters. The second-order valence-corrected chi connectivity index (χ2v) is 15.6. The summed E-state index contributed by atoms with van der Waals surface area (Å²) in [7, 11) is 0. The quantitative estimate of drug-likeness (QED) is 0.156. The van der Waals surface area contributed by atoms with Gasteiger partial charge in [-0.1, -0.05) is 176 Å². The Morgan fingerprint density at radius 2 is 1.02 bits per heavy atom. The molecule has 0 saturated carbocycles. The predicted molar refractivity (Wildman–Crippen MR) is 239 cm³/mol. The van der Waals surface area contributed by atoms with Crippen molar-refractivity contribution < 1.29 is 0 Å². The molecule has 2 aliphatic rings. The average Bonchev–Trinajstić information content (AvgIpc) is 3.88. The molecule has 10 aromatic rings. The number of fused-ring (bicyclic) bond motifs is 14. The van der Waals surface area contributed by atoms with Crippen molar-refractivity contribution in [2.75, 3.05) is 0 Å². The molecule has 0 saturated heterocycles. The molecule has 0 N–H and O–H groups in total. The van der Waals surface area contributed by atoms with E-state index in [9.17, 15) is 0 Å². The molecule has 12 rings (SSSR count). The molecule has 2 aliphatic carbocycles. The van der Waals surface area contributed by atoms with Crippen molar-refractivity contribution in [2.45, 2.75) is 11.8 Å². The Morgan fingerprint density at radius 3 is 1.75 bits per heavy atom. The van der Waals surface area contributed by atoms with Crippen LogP contribution in [-0.4, -0.2) is 4.57 Å². The van der Waals surface area contributed by atoms with Crippen LogP contribution in [0.3, 0.4) is 0 Å². The lowest BCUT2D eigenvalue weighted by molar-refractivity contribution is 0.792. The summed E-state index contributed by atoms with van der Waals surface area (Å²) in [6.07, 6.45) is 3.22. The Bertz CT molecular complexity index is 3200. The lowest BCUT2D eigenvalue weighted by atomic mass is 9.70. The van der Waals surface area contributed by atoms with E-state index in [2.05, 4.69) is 217 Å². The maximum atomic E-state index is 2.53. The van der Waals surface area contributed by atoms with Gasteiger partial charge in [-0.05, 0) is 120 Å². The zero-order valence-electron chi connectivity index (χ0n) is 31.4. The fourth-order valence-corrected chi connectivity index (χ4v) is 10.2. The highest BCUT2D eigenvalue weighted by Crippen LogP contribution is 2.62. The van der Waals surface area contributed by atoms with Gasteiger partial charge in [-0.15, -0.1) is 0 Å². The Kier molecular flexibility index (Phi) is 6.97. The highest BCUT2D eigenvalue weighted by molar-refractivity contribution is 6.10. The predicted octanol–water partition coefficient (Wildman–Crippen LogP) is 14.1. The van der Waals surface area contributed by atoms with Crippen LogP contribution >= 0.6 is 0 Å². The van der Waals surface area contributed by atoms with Gasteiger partial charge in [0.25, 0.3) is 0 Å². The zero-order valence-corrected chi connectivity index (χ0v) is 31.4. The minimum Gasteiger partial charge on any atom is -0.309 e. The topological polar surface area (TPSA) is 4.93 Å². The van der Waals surface area contributed by atoms with E-state index in [0.717, 1.165) is 6.42 Å². The number of benzene rings is 9. The third kappa shape index (κ3) is 4.70. The average molecular weight is 724 g/mol. The van der Waals surface area contributed by atoms with Gasteiger partial charge in [-0.25, -0.2) is 0 Å². The number of rotatable bonds is 5. The summed E-state index contributed by atoms with van der Waals surface area (Å²) < 4.78 is 2.39. The van der Waals surface area contributed by atoms with E-state index in [0.29, 0.717) is 0 Å². The Morgan fingerprint density at radius 1 is 0.421 bits per heavy atom. The molecule has 9 aromatic carbocycles. The standard InChI is InChI=1S/C56H37N/c1-2-16-43(17-3-1)57-54-25-13-9-21-48(54)49-34-37(27-31-55(49)57)32-42(41-29-28-39-14-4-5-15-40(39)36-41)33-38-26-30-47-46-20-8-12-24-52(46)56(53(47)35-38)50-22-10-6-18-44(50)45-19-7-11-23-51(45)56/h1-32,34-36H,33H2/b42-32+.